The maximum absolute atomic E-state index is 2.50. The predicted molar refractivity (Wildman–Crippen MR) is 239 cm³/mol. The normalized spacial score (nSPS) is 12.3. The molecule has 13 rings (SSSR count). The van der Waals surface area contributed by atoms with E-state index >= 15 is 0 Å². The van der Waals surface area contributed by atoms with Gasteiger partial charge in [0.25, 0.3) is 0 Å². The summed E-state index contributed by atoms with van der Waals surface area (Å²) < 4.78 is 4.89. The van der Waals surface area contributed by atoms with Crippen LogP contribution in [0, 0.1) is 0 Å². The molecule has 11 aromatic carbocycles. The van der Waals surface area contributed by atoms with Gasteiger partial charge in [0.1, 0.15) is 0 Å². The lowest BCUT2D eigenvalue weighted by atomic mass is 9.89. The van der Waals surface area contributed by atoms with Crippen molar-refractivity contribution in [2.24, 2.45) is 0 Å². The molecule has 0 amide bonds. The van der Waals surface area contributed by atoms with Crippen LogP contribution in [0.4, 0.5) is 0 Å². The maximum atomic E-state index is 2.50. The Bertz CT molecular complexity index is 3750. The third-order valence-corrected chi connectivity index (χ3v) is 12.4. The van der Waals surface area contributed by atoms with Gasteiger partial charge in [-0.1, -0.05) is 133 Å². The molecule has 0 bridgehead atoms. The molecule has 0 spiro atoms. The van der Waals surface area contributed by atoms with Crippen molar-refractivity contribution in [2.45, 2.75) is 0 Å². The fraction of sp³-hybridized carbons (Fsp3) is 0. The summed E-state index contributed by atoms with van der Waals surface area (Å²) in [5.41, 5.74) is 9.72. The lowest BCUT2D eigenvalue weighted by Gasteiger charge is -2.13. The first-order chi connectivity index (χ1) is 27.8. The van der Waals surface area contributed by atoms with Crippen LogP contribution in [-0.2, 0) is 0 Å². The van der Waals surface area contributed by atoms with Gasteiger partial charge in [-0.3, -0.25) is 0 Å². The second-order valence-corrected chi connectivity index (χ2v) is 15.3. The van der Waals surface area contributed by atoms with E-state index in [0.29, 0.717) is 0 Å². The van der Waals surface area contributed by atoms with Crippen LogP contribution in [-0.4, -0.2) is 9.13 Å². The molecule has 13 aromatic rings. The lowest BCUT2D eigenvalue weighted by molar-refractivity contribution is 1.18. The van der Waals surface area contributed by atoms with Gasteiger partial charge in [0.15, 0.2) is 0 Å². The molecule has 0 saturated heterocycles. The molecule has 2 nitrogen and oxygen atoms in total. The number of benzene rings is 11. The first-order valence-corrected chi connectivity index (χ1v) is 19.4. The minimum atomic E-state index is 1.18. The molecule has 0 fully saturated rings. The van der Waals surface area contributed by atoms with E-state index in [-0.39, 0.29) is 0 Å². The predicted octanol–water partition coefficient (Wildman–Crippen LogP) is 14.8. The largest absolute Gasteiger partial charge is 0.309 e. The Balaban J connectivity index is 1.09. The molecule has 258 valence electrons. The molecule has 0 N–H and O–H groups in total. The number of aromatic nitrogens is 2. The van der Waals surface area contributed by atoms with E-state index in [2.05, 4.69) is 203 Å². The standard InChI is InChI=1S/C54H32N2/c1-2-13-38(14-3-1)55-48-19-9-8-17-43(48)47-31-35(24-28-49(47)55)34-23-26-45-46(30-34)44-18-10-20-50-53(44)54-51(32-36-12-5-7-16-42(36)52(45)54)56(50)39-25-27-41-37(29-39)22-21-33-11-4-6-15-40(33)41/h1-32H. The lowest BCUT2D eigenvalue weighted by Crippen LogP contribution is -1.94. The summed E-state index contributed by atoms with van der Waals surface area (Å²) in [4.78, 5) is 0. The first kappa shape index (κ1) is 30.0. The van der Waals surface area contributed by atoms with Crippen molar-refractivity contribution < 1.29 is 0 Å². The molecular formula is C54H32N2. The topological polar surface area (TPSA) is 9.86 Å². The summed E-state index contributed by atoms with van der Waals surface area (Å²) in [7, 11) is 0. The molecule has 0 unspecified atom stereocenters. The molecule has 2 heteroatoms. The minimum Gasteiger partial charge on any atom is -0.309 e. The average Bonchev–Trinajstić information content (AvgIpc) is 3.78. The second kappa shape index (κ2) is 11.1. The summed E-state index contributed by atoms with van der Waals surface area (Å²) in [6.07, 6.45) is 0. The van der Waals surface area contributed by atoms with Crippen molar-refractivity contribution in [1.29, 1.82) is 0 Å². The summed E-state index contributed by atoms with van der Waals surface area (Å²) in [5, 5.41) is 18.0. The highest BCUT2D eigenvalue weighted by Crippen LogP contribution is 2.47. The highest BCUT2D eigenvalue weighted by molar-refractivity contribution is 6.39. The Kier molecular flexibility index (Phi) is 5.92. The molecule has 0 atom stereocenters. The number of hydrogen-bond donors (Lipinski definition) is 0. The highest BCUT2D eigenvalue weighted by Gasteiger charge is 2.22. The molecule has 0 aliphatic carbocycles. The quantitative estimate of drug-likeness (QED) is 0.162. The molecule has 0 aliphatic rings. The average molecular weight is 709 g/mol. The Morgan fingerprint density at radius 2 is 0.821 bits per heavy atom. The fourth-order valence-electron chi connectivity index (χ4n) is 9.98. The van der Waals surface area contributed by atoms with Crippen molar-refractivity contribution in [3.8, 4) is 22.5 Å². The smallest absolute Gasteiger partial charge is 0.0553 e. The van der Waals surface area contributed by atoms with Crippen molar-refractivity contribution in [2.75, 3.05) is 0 Å². The van der Waals surface area contributed by atoms with Gasteiger partial charge >= 0.3 is 0 Å². The van der Waals surface area contributed by atoms with Crippen molar-refractivity contribution in [3.63, 3.8) is 0 Å². The number of para-hydroxylation sites is 2. The van der Waals surface area contributed by atoms with Gasteiger partial charge in [0.2, 0.25) is 0 Å². The van der Waals surface area contributed by atoms with E-state index in [0.717, 1.165) is 0 Å². The summed E-state index contributed by atoms with van der Waals surface area (Å²) in [6.45, 7) is 0. The monoisotopic (exact) mass is 708 g/mol. The van der Waals surface area contributed by atoms with Crippen LogP contribution in [0.2, 0.25) is 0 Å². The maximum Gasteiger partial charge on any atom is 0.0553 e. The van der Waals surface area contributed by atoms with Crippen LogP contribution < -0.4 is 0 Å². The highest BCUT2D eigenvalue weighted by atomic mass is 15.0. The number of fused-ring (bicyclic) bond motifs is 11. The zero-order valence-electron chi connectivity index (χ0n) is 30.4. The zero-order valence-corrected chi connectivity index (χ0v) is 30.4. The van der Waals surface area contributed by atoms with E-state index in [9.17, 15) is 0 Å². The fourth-order valence-corrected chi connectivity index (χ4v) is 9.98. The van der Waals surface area contributed by atoms with Gasteiger partial charge in [-0.05, 0) is 120 Å². The first-order valence-electron chi connectivity index (χ1n) is 19.4. The van der Waals surface area contributed by atoms with Gasteiger partial charge in [-0.2, -0.15) is 0 Å². The van der Waals surface area contributed by atoms with E-state index < -0.39 is 0 Å². The van der Waals surface area contributed by atoms with Crippen LogP contribution in [0.25, 0.3) is 120 Å². The van der Waals surface area contributed by atoms with Gasteiger partial charge in [0.05, 0.1) is 22.1 Å². The van der Waals surface area contributed by atoms with Crippen LogP contribution in [0.1, 0.15) is 0 Å². The van der Waals surface area contributed by atoms with Crippen molar-refractivity contribution in [3.05, 3.63) is 194 Å². The molecule has 56 heavy (non-hydrogen) atoms. The van der Waals surface area contributed by atoms with E-state index in [1.165, 1.54) is 120 Å². The molecular weight excluding hydrogens is 677 g/mol. The minimum absolute atomic E-state index is 1.18. The Morgan fingerprint density at radius 3 is 1.71 bits per heavy atom. The molecule has 0 aliphatic heterocycles. The summed E-state index contributed by atoms with van der Waals surface area (Å²) in [6, 6.07) is 72.0. The molecule has 2 aromatic heterocycles. The Labute approximate surface area is 322 Å². The van der Waals surface area contributed by atoms with E-state index in [1.54, 1.807) is 0 Å². The number of nitrogens with zero attached hydrogens (tertiary/aromatic N) is 2. The number of hydrogen-bond acceptors (Lipinski definition) is 0. The summed E-state index contributed by atoms with van der Waals surface area (Å²) in [5.74, 6) is 0. The molecule has 0 radical (unpaired) electrons. The van der Waals surface area contributed by atoms with E-state index in [4.69, 9.17) is 0 Å². The summed E-state index contributed by atoms with van der Waals surface area (Å²) >= 11 is 0. The van der Waals surface area contributed by atoms with Crippen molar-refractivity contribution in [1.82, 2.24) is 9.13 Å². The third kappa shape index (κ3) is 4.00. The molecule has 0 saturated carbocycles. The van der Waals surface area contributed by atoms with Gasteiger partial charge in [-0.15, -0.1) is 0 Å². The van der Waals surface area contributed by atoms with Crippen molar-refractivity contribution >= 4 is 97.5 Å². The van der Waals surface area contributed by atoms with Crippen LogP contribution >= 0.6 is 0 Å². The van der Waals surface area contributed by atoms with Crippen LogP contribution in [0.3, 0.4) is 0 Å². The zero-order chi connectivity index (χ0) is 36.5. The van der Waals surface area contributed by atoms with Gasteiger partial charge in [0, 0.05) is 38.3 Å². The number of rotatable bonds is 3. The molecule has 2 heterocycles. The van der Waals surface area contributed by atoms with Crippen LogP contribution in [0.15, 0.2) is 194 Å². The Morgan fingerprint density at radius 1 is 0.232 bits per heavy atom. The second-order valence-electron chi connectivity index (χ2n) is 15.3. The van der Waals surface area contributed by atoms with Gasteiger partial charge in [-0.25, -0.2) is 0 Å². The third-order valence-electron chi connectivity index (χ3n) is 12.4. The van der Waals surface area contributed by atoms with Crippen LogP contribution in [0.5, 0.6) is 0 Å². The Hall–Kier alpha value is -7.42. The van der Waals surface area contributed by atoms with E-state index in [1.807, 2.05) is 0 Å². The SMILES string of the molecule is c1ccc(-n2c3ccccc3c3cc(-c4ccc5c(c4)c4cccc6c4c4c5c5ccccc5cc4n6-c4ccc5c(ccc6ccccc65)c4)ccc32)cc1. The van der Waals surface area contributed by atoms with Gasteiger partial charge < -0.3 is 9.13 Å².